The summed E-state index contributed by atoms with van der Waals surface area (Å²) in [7, 11) is 0. The normalized spacial score (nSPS) is 13.9. The van der Waals surface area contributed by atoms with Gasteiger partial charge in [-0.1, -0.05) is 18.2 Å². The number of rotatable bonds is 7. The number of para-hydroxylation sites is 1. The summed E-state index contributed by atoms with van der Waals surface area (Å²) in [6.45, 7) is 1.39. The van der Waals surface area contributed by atoms with E-state index >= 15 is 0 Å². The lowest BCUT2D eigenvalue weighted by Gasteiger charge is -2.09. The van der Waals surface area contributed by atoms with Crippen LogP contribution in [0.4, 0.5) is 0 Å². The van der Waals surface area contributed by atoms with Crippen molar-refractivity contribution < 1.29 is 9.53 Å². The van der Waals surface area contributed by atoms with Crippen LogP contribution in [0.5, 0.6) is 5.75 Å². The topological polar surface area (TPSA) is 56.1 Å². The molecule has 0 aliphatic heterocycles. The molecule has 5 heteroatoms. The number of nitrogens with one attached hydrogen (secondary N) is 1. The first-order valence-electron chi connectivity index (χ1n) is 7.28. The Hall–Kier alpha value is -2.30. The highest BCUT2D eigenvalue weighted by Crippen LogP contribution is 2.38. The number of amides is 1. The van der Waals surface area contributed by atoms with Crippen molar-refractivity contribution in [2.45, 2.75) is 25.3 Å². The summed E-state index contributed by atoms with van der Waals surface area (Å²) in [5.41, 5.74) is 0. The van der Waals surface area contributed by atoms with E-state index in [9.17, 15) is 4.79 Å². The molecule has 21 heavy (non-hydrogen) atoms. The van der Waals surface area contributed by atoms with Crippen molar-refractivity contribution in [2.24, 2.45) is 0 Å². The fourth-order valence-corrected chi connectivity index (χ4v) is 2.24. The maximum absolute atomic E-state index is 11.7. The van der Waals surface area contributed by atoms with Crippen molar-refractivity contribution in [2.75, 3.05) is 13.2 Å². The molecule has 0 bridgehead atoms. The standard InChI is InChI=1S/C16H19N3O2/c20-15(12-21-14-4-2-1-3-5-14)17-8-10-19-11-9-18-16(19)13-6-7-13/h1-5,9,11,13H,6-8,10,12H2,(H,17,20). The van der Waals surface area contributed by atoms with Gasteiger partial charge in [0.2, 0.25) is 0 Å². The zero-order valence-corrected chi connectivity index (χ0v) is 11.9. The molecule has 0 atom stereocenters. The van der Waals surface area contributed by atoms with Crippen LogP contribution in [0.2, 0.25) is 0 Å². The number of carbonyl (C=O) groups excluding carboxylic acids is 1. The third-order valence-electron chi connectivity index (χ3n) is 3.48. The number of benzene rings is 1. The van der Waals surface area contributed by atoms with Crippen LogP contribution in [0.1, 0.15) is 24.6 Å². The molecule has 0 radical (unpaired) electrons. The monoisotopic (exact) mass is 285 g/mol. The van der Waals surface area contributed by atoms with Gasteiger partial charge in [-0.3, -0.25) is 4.79 Å². The first-order valence-corrected chi connectivity index (χ1v) is 7.28. The van der Waals surface area contributed by atoms with Crippen LogP contribution in [-0.4, -0.2) is 28.6 Å². The van der Waals surface area contributed by atoms with Gasteiger partial charge in [0.25, 0.3) is 5.91 Å². The van der Waals surface area contributed by atoms with Crippen molar-refractivity contribution in [3.8, 4) is 5.75 Å². The van der Waals surface area contributed by atoms with E-state index in [2.05, 4.69) is 14.9 Å². The van der Waals surface area contributed by atoms with E-state index in [1.54, 1.807) is 0 Å². The van der Waals surface area contributed by atoms with E-state index in [1.165, 1.54) is 12.8 Å². The molecular formula is C16H19N3O2. The molecule has 1 aromatic carbocycles. The number of nitrogens with zero attached hydrogens (tertiary/aromatic N) is 2. The second kappa shape index (κ2) is 6.43. The van der Waals surface area contributed by atoms with Crippen LogP contribution in [-0.2, 0) is 11.3 Å². The highest BCUT2D eigenvalue weighted by atomic mass is 16.5. The summed E-state index contributed by atoms with van der Waals surface area (Å²) in [5.74, 6) is 2.37. The first kappa shape index (κ1) is 13.7. The fraction of sp³-hybridized carbons (Fsp3) is 0.375. The summed E-state index contributed by atoms with van der Waals surface area (Å²) in [6, 6.07) is 9.34. The van der Waals surface area contributed by atoms with Crippen molar-refractivity contribution >= 4 is 5.91 Å². The number of aromatic nitrogens is 2. The van der Waals surface area contributed by atoms with Gasteiger partial charge in [0.15, 0.2) is 6.61 Å². The minimum absolute atomic E-state index is 0.0451. The second-order valence-electron chi connectivity index (χ2n) is 5.20. The molecule has 0 saturated heterocycles. The molecule has 0 spiro atoms. The SMILES string of the molecule is O=C(COc1ccccc1)NCCn1ccnc1C1CC1. The maximum Gasteiger partial charge on any atom is 0.258 e. The Morgan fingerprint density at radius 3 is 2.90 bits per heavy atom. The highest BCUT2D eigenvalue weighted by molar-refractivity contribution is 5.77. The minimum Gasteiger partial charge on any atom is -0.484 e. The Labute approximate surface area is 124 Å². The van der Waals surface area contributed by atoms with E-state index in [0.29, 0.717) is 18.2 Å². The molecular weight excluding hydrogens is 266 g/mol. The van der Waals surface area contributed by atoms with Crippen LogP contribution >= 0.6 is 0 Å². The van der Waals surface area contributed by atoms with Crippen molar-refractivity contribution in [1.29, 1.82) is 0 Å². The molecule has 1 fully saturated rings. The van der Waals surface area contributed by atoms with Crippen molar-refractivity contribution in [3.05, 3.63) is 48.5 Å². The van der Waals surface area contributed by atoms with Crippen LogP contribution in [0.25, 0.3) is 0 Å². The number of imidazole rings is 1. The molecule has 5 nitrogen and oxygen atoms in total. The summed E-state index contributed by atoms with van der Waals surface area (Å²) in [6.07, 6.45) is 6.26. The summed E-state index contributed by atoms with van der Waals surface area (Å²) in [5, 5.41) is 2.87. The number of hydrogen-bond donors (Lipinski definition) is 1. The number of ether oxygens (including phenoxy) is 1. The predicted molar refractivity (Wildman–Crippen MR) is 79.1 cm³/mol. The average Bonchev–Trinajstić information content (AvgIpc) is 3.26. The lowest BCUT2D eigenvalue weighted by molar-refractivity contribution is -0.123. The molecule has 0 unspecified atom stereocenters. The molecule has 3 rings (SSSR count). The van der Waals surface area contributed by atoms with Gasteiger partial charge < -0.3 is 14.6 Å². The second-order valence-corrected chi connectivity index (χ2v) is 5.20. The summed E-state index contributed by atoms with van der Waals surface area (Å²) < 4.78 is 7.52. The Balaban J connectivity index is 1.39. The van der Waals surface area contributed by atoms with Gasteiger partial charge in [-0.2, -0.15) is 0 Å². The molecule has 1 amide bonds. The Morgan fingerprint density at radius 1 is 1.33 bits per heavy atom. The molecule has 110 valence electrons. The van der Waals surface area contributed by atoms with Gasteiger partial charge in [0.1, 0.15) is 11.6 Å². The predicted octanol–water partition coefficient (Wildman–Crippen LogP) is 1.96. The molecule has 1 aliphatic carbocycles. The smallest absolute Gasteiger partial charge is 0.258 e. The zero-order valence-electron chi connectivity index (χ0n) is 11.9. The zero-order chi connectivity index (χ0) is 14.5. The molecule has 1 saturated carbocycles. The van der Waals surface area contributed by atoms with Gasteiger partial charge in [-0.15, -0.1) is 0 Å². The van der Waals surface area contributed by atoms with Gasteiger partial charge in [0, 0.05) is 31.4 Å². The average molecular weight is 285 g/mol. The van der Waals surface area contributed by atoms with Gasteiger partial charge in [-0.25, -0.2) is 4.98 Å². The van der Waals surface area contributed by atoms with E-state index in [-0.39, 0.29) is 12.5 Å². The van der Waals surface area contributed by atoms with Crippen LogP contribution < -0.4 is 10.1 Å². The third kappa shape index (κ3) is 3.84. The molecule has 1 heterocycles. The molecule has 1 N–H and O–H groups in total. The van der Waals surface area contributed by atoms with Crippen LogP contribution in [0.15, 0.2) is 42.7 Å². The van der Waals surface area contributed by atoms with Crippen molar-refractivity contribution in [3.63, 3.8) is 0 Å². The lowest BCUT2D eigenvalue weighted by Crippen LogP contribution is -2.31. The van der Waals surface area contributed by atoms with E-state index in [4.69, 9.17) is 4.74 Å². The van der Waals surface area contributed by atoms with Gasteiger partial charge in [-0.05, 0) is 25.0 Å². The minimum atomic E-state index is -0.105. The van der Waals surface area contributed by atoms with E-state index < -0.39 is 0 Å². The fourth-order valence-electron chi connectivity index (χ4n) is 2.24. The van der Waals surface area contributed by atoms with Crippen LogP contribution in [0.3, 0.4) is 0 Å². The summed E-state index contributed by atoms with van der Waals surface area (Å²) in [4.78, 5) is 16.1. The highest BCUT2D eigenvalue weighted by Gasteiger charge is 2.27. The third-order valence-corrected chi connectivity index (χ3v) is 3.48. The maximum atomic E-state index is 11.7. The quantitative estimate of drug-likeness (QED) is 0.846. The Morgan fingerprint density at radius 2 is 2.14 bits per heavy atom. The number of hydrogen-bond acceptors (Lipinski definition) is 3. The molecule has 1 aliphatic rings. The lowest BCUT2D eigenvalue weighted by atomic mass is 10.3. The number of carbonyl (C=O) groups is 1. The Kier molecular flexibility index (Phi) is 4.19. The largest absolute Gasteiger partial charge is 0.484 e. The van der Waals surface area contributed by atoms with Crippen LogP contribution in [0, 0.1) is 0 Å². The van der Waals surface area contributed by atoms with Gasteiger partial charge >= 0.3 is 0 Å². The van der Waals surface area contributed by atoms with E-state index in [0.717, 1.165) is 12.4 Å². The first-order chi connectivity index (χ1) is 10.3. The molecule has 1 aromatic heterocycles. The molecule has 2 aromatic rings. The Bertz CT molecular complexity index is 591. The van der Waals surface area contributed by atoms with Gasteiger partial charge in [0.05, 0.1) is 0 Å². The van der Waals surface area contributed by atoms with Crippen molar-refractivity contribution in [1.82, 2.24) is 14.9 Å². The van der Waals surface area contributed by atoms with E-state index in [1.807, 2.05) is 42.7 Å². The summed E-state index contributed by atoms with van der Waals surface area (Å²) >= 11 is 0.